The molecule has 202 valence electrons. The highest BCUT2D eigenvalue weighted by Crippen LogP contribution is 2.46. The normalized spacial score (nSPS) is 12.9. The van der Waals surface area contributed by atoms with Crippen molar-refractivity contribution in [1.29, 1.82) is 0 Å². The second kappa shape index (κ2) is 11.3. The van der Waals surface area contributed by atoms with Crippen LogP contribution in [0, 0.1) is 23.5 Å². The van der Waals surface area contributed by atoms with Crippen molar-refractivity contribution in [2.24, 2.45) is 0 Å². The van der Waals surface area contributed by atoms with Crippen molar-refractivity contribution in [2.75, 3.05) is 0 Å². The fourth-order valence-electron chi connectivity index (χ4n) is 4.06. The number of nitrogens with zero attached hydrogens (tertiary/aromatic N) is 6. The standard InChI is InChI=1S/C28H20F4N6OS/c29-22-9-10-23(24(30)15-22)27(39,17-38-18-35-36-37-38)28(31,32)25-11-7-21(16-34-25)6-5-19-1-3-20(4-2-19)8-12-26-33-13-14-40-26/h1-4,7,9-11,13-16,18,39H,8,12,17H2. The van der Waals surface area contributed by atoms with Crippen LogP contribution in [0.25, 0.3) is 0 Å². The Labute approximate surface area is 230 Å². The number of alkyl halides is 2. The molecular formula is C28H20F4N6OS. The van der Waals surface area contributed by atoms with Gasteiger partial charge < -0.3 is 5.11 Å². The average molecular weight is 565 g/mol. The number of thiazole rings is 1. The molecule has 12 heteroatoms. The molecule has 5 aromatic rings. The SMILES string of the molecule is OC(Cn1cnnn1)(c1ccc(F)cc1F)C(F)(F)c1ccc(C#Cc2ccc(CCc3nccs3)cc2)cn1. The van der Waals surface area contributed by atoms with E-state index in [4.69, 9.17) is 0 Å². The Hall–Kier alpha value is -4.47. The summed E-state index contributed by atoms with van der Waals surface area (Å²) in [6.07, 6.45) is 5.61. The molecule has 0 aliphatic carbocycles. The first-order valence-corrected chi connectivity index (χ1v) is 12.8. The third-order valence-corrected chi connectivity index (χ3v) is 7.02. The van der Waals surface area contributed by atoms with E-state index in [1.807, 2.05) is 29.6 Å². The van der Waals surface area contributed by atoms with Gasteiger partial charge in [-0.1, -0.05) is 24.0 Å². The molecule has 0 saturated heterocycles. The van der Waals surface area contributed by atoms with E-state index in [-0.39, 0.29) is 0 Å². The van der Waals surface area contributed by atoms with Gasteiger partial charge in [0.05, 0.1) is 11.6 Å². The van der Waals surface area contributed by atoms with Crippen molar-refractivity contribution in [3.05, 3.63) is 123 Å². The number of tetrazole rings is 1. The monoisotopic (exact) mass is 564 g/mol. The number of aliphatic hydroxyl groups is 1. The van der Waals surface area contributed by atoms with Gasteiger partial charge in [0.1, 0.15) is 23.7 Å². The molecule has 3 heterocycles. The summed E-state index contributed by atoms with van der Waals surface area (Å²) in [5, 5.41) is 24.5. The van der Waals surface area contributed by atoms with Gasteiger partial charge in [0.2, 0.25) is 0 Å². The molecule has 0 fully saturated rings. The molecule has 3 aromatic heterocycles. The van der Waals surface area contributed by atoms with Crippen molar-refractivity contribution >= 4 is 11.3 Å². The summed E-state index contributed by atoms with van der Waals surface area (Å²) in [5.41, 5.74) is -2.67. The van der Waals surface area contributed by atoms with Crippen molar-refractivity contribution in [1.82, 2.24) is 30.2 Å². The summed E-state index contributed by atoms with van der Waals surface area (Å²) in [5.74, 6) is -0.639. The van der Waals surface area contributed by atoms with Crippen LogP contribution in [0.4, 0.5) is 17.6 Å². The Kier molecular flexibility index (Phi) is 7.68. The minimum Gasteiger partial charge on any atom is -0.377 e. The summed E-state index contributed by atoms with van der Waals surface area (Å²) in [6, 6.07) is 12.0. The van der Waals surface area contributed by atoms with E-state index in [1.54, 1.807) is 17.5 Å². The van der Waals surface area contributed by atoms with Crippen LogP contribution in [0.3, 0.4) is 0 Å². The topological polar surface area (TPSA) is 89.6 Å². The molecule has 1 unspecified atom stereocenters. The second-order valence-electron chi connectivity index (χ2n) is 8.87. The van der Waals surface area contributed by atoms with Crippen LogP contribution >= 0.6 is 11.3 Å². The quantitative estimate of drug-likeness (QED) is 0.218. The van der Waals surface area contributed by atoms with Crippen molar-refractivity contribution in [3.63, 3.8) is 0 Å². The number of benzene rings is 2. The summed E-state index contributed by atoms with van der Waals surface area (Å²) >= 11 is 1.62. The van der Waals surface area contributed by atoms with Crippen LogP contribution in [-0.4, -0.2) is 35.3 Å². The number of rotatable bonds is 8. The largest absolute Gasteiger partial charge is 0.377 e. The third-order valence-electron chi connectivity index (χ3n) is 6.18. The maximum Gasteiger partial charge on any atom is 0.323 e. The average Bonchev–Trinajstić information content (AvgIpc) is 3.66. The molecular weight excluding hydrogens is 544 g/mol. The smallest absolute Gasteiger partial charge is 0.323 e. The molecule has 0 radical (unpaired) electrons. The molecule has 5 rings (SSSR count). The Balaban J connectivity index is 1.36. The lowest BCUT2D eigenvalue weighted by atomic mass is 9.84. The van der Waals surface area contributed by atoms with Crippen molar-refractivity contribution in [2.45, 2.75) is 30.9 Å². The van der Waals surface area contributed by atoms with Gasteiger partial charge in [0, 0.05) is 47.0 Å². The zero-order valence-electron chi connectivity index (χ0n) is 20.7. The summed E-state index contributed by atoms with van der Waals surface area (Å²) in [6.45, 7) is -0.932. The molecule has 2 aromatic carbocycles. The number of hydrogen-bond donors (Lipinski definition) is 1. The van der Waals surface area contributed by atoms with Gasteiger partial charge in [-0.05, 0) is 58.8 Å². The summed E-state index contributed by atoms with van der Waals surface area (Å²) < 4.78 is 60.7. The van der Waals surface area contributed by atoms with Crippen LogP contribution < -0.4 is 0 Å². The molecule has 7 nitrogen and oxygen atoms in total. The molecule has 40 heavy (non-hydrogen) atoms. The highest BCUT2D eigenvalue weighted by molar-refractivity contribution is 7.09. The molecule has 1 atom stereocenters. The number of aromatic nitrogens is 6. The van der Waals surface area contributed by atoms with E-state index in [1.165, 1.54) is 6.07 Å². The fourth-order valence-corrected chi connectivity index (χ4v) is 4.68. The Morgan fingerprint density at radius 1 is 0.925 bits per heavy atom. The van der Waals surface area contributed by atoms with Gasteiger partial charge in [-0.3, -0.25) is 4.98 Å². The van der Waals surface area contributed by atoms with E-state index >= 15 is 8.78 Å². The maximum atomic E-state index is 15.8. The summed E-state index contributed by atoms with van der Waals surface area (Å²) in [4.78, 5) is 8.09. The highest BCUT2D eigenvalue weighted by atomic mass is 32.1. The molecule has 0 aliphatic heterocycles. The van der Waals surface area contributed by atoms with Gasteiger partial charge in [0.15, 0.2) is 5.60 Å². The molecule has 0 amide bonds. The zero-order chi connectivity index (χ0) is 28.2. The van der Waals surface area contributed by atoms with E-state index in [0.29, 0.717) is 11.6 Å². The highest BCUT2D eigenvalue weighted by Gasteiger charge is 2.57. The fraction of sp³-hybridized carbons (Fsp3) is 0.179. The number of aryl methyl sites for hydroxylation is 2. The van der Waals surface area contributed by atoms with Crippen LogP contribution in [0.15, 0.2) is 78.7 Å². The molecule has 0 aliphatic rings. The number of hydrogen-bond acceptors (Lipinski definition) is 7. The first kappa shape index (κ1) is 27.1. The summed E-state index contributed by atoms with van der Waals surface area (Å²) in [7, 11) is 0. The number of pyridine rings is 1. The van der Waals surface area contributed by atoms with Crippen LogP contribution in [-0.2, 0) is 30.9 Å². The zero-order valence-corrected chi connectivity index (χ0v) is 21.5. The predicted molar refractivity (Wildman–Crippen MR) is 138 cm³/mol. The lowest BCUT2D eigenvalue weighted by Gasteiger charge is -2.35. The van der Waals surface area contributed by atoms with Crippen LogP contribution in [0.2, 0.25) is 0 Å². The lowest BCUT2D eigenvalue weighted by Crippen LogP contribution is -2.48. The van der Waals surface area contributed by atoms with E-state index < -0.39 is 41.0 Å². The van der Waals surface area contributed by atoms with E-state index in [0.717, 1.165) is 64.4 Å². The van der Waals surface area contributed by atoms with Gasteiger partial charge >= 0.3 is 5.92 Å². The first-order valence-electron chi connectivity index (χ1n) is 12.0. The minimum absolute atomic E-state index is 0.351. The first-order chi connectivity index (χ1) is 19.2. The maximum absolute atomic E-state index is 15.8. The third kappa shape index (κ3) is 5.75. The van der Waals surface area contributed by atoms with Crippen molar-refractivity contribution in [3.8, 4) is 11.8 Å². The second-order valence-corrected chi connectivity index (χ2v) is 9.85. The van der Waals surface area contributed by atoms with Crippen molar-refractivity contribution < 1.29 is 22.7 Å². The minimum atomic E-state index is -4.14. The van der Waals surface area contributed by atoms with E-state index in [2.05, 4.69) is 37.3 Å². The molecule has 1 N–H and O–H groups in total. The van der Waals surface area contributed by atoms with Gasteiger partial charge in [-0.2, -0.15) is 8.78 Å². The number of halogens is 4. The molecule has 0 spiro atoms. The van der Waals surface area contributed by atoms with Crippen LogP contribution in [0.5, 0.6) is 0 Å². The van der Waals surface area contributed by atoms with E-state index in [9.17, 15) is 13.9 Å². The van der Waals surface area contributed by atoms with Gasteiger partial charge in [0.25, 0.3) is 0 Å². The predicted octanol–water partition coefficient (Wildman–Crippen LogP) is 4.67. The molecule has 0 bridgehead atoms. The van der Waals surface area contributed by atoms with Gasteiger partial charge in [-0.25, -0.2) is 18.4 Å². The molecule has 0 saturated carbocycles. The lowest BCUT2D eigenvalue weighted by molar-refractivity contribution is -0.207. The Bertz CT molecular complexity index is 1630. The Morgan fingerprint density at radius 2 is 1.70 bits per heavy atom. The van der Waals surface area contributed by atoms with Crippen LogP contribution in [0.1, 0.15) is 33.0 Å². The van der Waals surface area contributed by atoms with Gasteiger partial charge in [-0.15, -0.1) is 16.4 Å². The Morgan fingerprint density at radius 3 is 2.35 bits per heavy atom.